The fourth-order valence-electron chi connectivity index (χ4n) is 1.70. The van der Waals surface area contributed by atoms with Gasteiger partial charge in [0, 0.05) is 5.54 Å². The summed E-state index contributed by atoms with van der Waals surface area (Å²) in [5.41, 5.74) is 5.64. The number of hydrogen-bond acceptors (Lipinski definition) is 2. The molecule has 3 nitrogen and oxygen atoms in total. The molecule has 0 unspecified atom stereocenters. The first-order chi connectivity index (χ1) is 6.64. The van der Waals surface area contributed by atoms with Gasteiger partial charge in [0.25, 0.3) is 0 Å². The molecule has 3 N–H and O–H groups in total. The maximum absolute atomic E-state index is 11.9. The molecule has 0 radical (unpaired) electrons. The van der Waals surface area contributed by atoms with Crippen LogP contribution in [0.4, 0.5) is 0 Å². The lowest BCUT2D eigenvalue weighted by Crippen LogP contribution is -2.55. The fraction of sp³-hybridized carbons (Fsp3) is 0.917. The highest BCUT2D eigenvalue weighted by Gasteiger charge is 2.40. The Balaban J connectivity index is 2.55. The molecule has 15 heavy (non-hydrogen) atoms. The normalized spacial score (nSPS) is 19.9. The van der Waals surface area contributed by atoms with Crippen molar-refractivity contribution in [2.75, 3.05) is 0 Å². The Kier molecular flexibility index (Phi) is 3.15. The van der Waals surface area contributed by atoms with Gasteiger partial charge < -0.3 is 11.1 Å². The van der Waals surface area contributed by atoms with Crippen LogP contribution < -0.4 is 11.1 Å². The number of carbonyl (C=O) groups is 1. The Labute approximate surface area is 92.8 Å². The summed E-state index contributed by atoms with van der Waals surface area (Å²) in [5, 5.41) is 3.06. The Morgan fingerprint density at radius 3 is 2.07 bits per heavy atom. The fourth-order valence-corrected chi connectivity index (χ4v) is 1.70. The molecule has 1 aliphatic rings. The second-order valence-corrected chi connectivity index (χ2v) is 6.33. The lowest BCUT2D eigenvalue weighted by Gasteiger charge is -2.32. The zero-order valence-corrected chi connectivity index (χ0v) is 10.6. The summed E-state index contributed by atoms with van der Waals surface area (Å²) in [4.78, 5) is 11.9. The van der Waals surface area contributed by atoms with E-state index >= 15 is 0 Å². The van der Waals surface area contributed by atoms with E-state index in [4.69, 9.17) is 5.73 Å². The summed E-state index contributed by atoms with van der Waals surface area (Å²) in [6, 6.07) is -0.435. The zero-order chi connectivity index (χ0) is 11.9. The molecule has 0 aliphatic heterocycles. The standard InChI is InChI=1S/C12H24N2O/c1-11(2,3)9(13)10(15)14-12(4,5)8-6-7-8/h8-9H,6-7,13H2,1-5H3,(H,14,15)/t9-/m0/s1. The summed E-state index contributed by atoms with van der Waals surface area (Å²) < 4.78 is 0. The summed E-state index contributed by atoms with van der Waals surface area (Å²) in [7, 11) is 0. The molecule has 1 aliphatic carbocycles. The molecule has 0 spiro atoms. The van der Waals surface area contributed by atoms with Gasteiger partial charge in [0.2, 0.25) is 5.91 Å². The van der Waals surface area contributed by atoms with E-state index in [1.807, 2.05) is 20.8 Å². The van der Waals surface area contributed by atoms with Gasteiger partial charge in [-0.05, 0) is 38.0 Å². The third kappa shape index (κ3) is 3.20. The van der Waals surface area contributed by atoms with Gasteiger partial charge in [-0.2, -0.15) is 0 Å². The average Bonchev–Trinajstić information content (AvgIpc) is 2.81. The Hall–Kier alpha value is -0.570. The Bertz CT molecular complexity index is 249. The van der Waals surface area contributed by atoms with Gasteiger partial charge >= 0.3 is 0 Å². The van der Waals surface area contributed by atoms with Crippen LogP contribution in [0.15, 0.2) is 0 Å². The van der Waals surface area contributed by atoms with Crippen LogP contribution in [0.5, 0.6) is 0 Å². The van der Waals surface area contributed by atoms with Crippen molar-refractivity contribution < 1.29 is 4.79 Å². The number of hydrogen-bond donors (Lipinski definition) is 2. The minimum Gasteiger partial charge on any atom is -0.350 e. The number of rotatable bonds is 3. The maximum atomic E-state index is 11.9. The van der Waals surface area contributed by atoms with E-state index in [-0.39, 0.29) is 16.9 Å². The van der Waals surface area contributed by atoms with E-state index in [2.05, 4.69) is 19.2 Å². The van der Waals surface area contributed by atoms with Gasteiger partial charge in [0.1, 0.15) is 0 Å². The van der Waals surface area contributed by atoms with Crippen molar-refractivity contribution in [1.82, 2.24) is 5.32 Å². The molecule has 1 fully saturated rings. The van der Waals surface area contributed by atoms with Crippen LogP contribution in [-0.2, 0) is 4.79 Å². The molecule has 0 bridgehead atoms. The van der Waals surface area contributed by atoms with E-state index < -0.39 is 6.04 Å². The molecule has 0 saturated heterocycles. The maximum Gasteiger partial charge on any atom is 0.237 e. The first kappa shape index (κ1) is 12.5. The minimum absolute atomic E-state index is 0.0283. The van der Waals surface area contributed by atoms with Crippen LogP contribution in [-0.4, -0.2) is 17.5 Å². The second-order valence-electron chi connectivity index (χ2n) is 6.33. The van der Waals surface area contributed by atoms with Crippen LogP contribution >= 0.6 is 0 Å². The van der Waals surface area contributed by atoms with E-state index in [1.165, 1.54) is 12.8 Å². The third-order valence-corrected chi connectivity index (χ3v) is 3.26. The van der Waals surface area contributed by atoms with Crippen LogP contribution in [0.25, 0.3) is 0 Å². The van der Waals surface area contributed by atoms with E-state index in [9.17, 15) is 4.79 Å². The van der Waals surface area contributed by atoms with E-state index in [1.54, 1.807) is 0 Å². The zero-order valence-electron chi connectivity index (χ0n) is 10.6. The SMILES string of the molecule is CC(C)(NC(=O)[C@H](N)C(C)(C)C)C1CC1. The largest absolute Gasteiger partial charge is 0.350 e. The van der Waals surface area contributed by atoms with Gasteiger partial charge in [-0.1, -0.05) is 20.8 Å². The number of nitrogens with one attached hydrogen (secondary N) is 1. The predicted octanol–water partition coefficient (Wildman–Crippen LogP) is 1.66. The molecule has 0 aromatic carbocycles. The van der Waals surface area contributed by atoms with Gasteiger partial charge in [-0.25, -0.2) is 0 Å². The van der Waals surface area contributed by atoms with Gasteiger partial charge in [0.15, 0.2) is 0 Å². The van der Waals surface area contributed by atoms with Crippen molar-refractivity contribution in [3.05, 3.63) is 0 Å². The average molecular weight is 212 g/mol. The molecule has 1 atom stereocenters. The highest BCUT2D eigenvalue weighted by molar-refractivity contribution is 5.83. The van der Waals surface area contributed by atoms with Gasteiger partial charge in [-0.15, -0.1) is 0 Å². The minimum atomic E-state index is -0.435. The second kappa shape index (κ2) is 3.78. The van der Waals surface area contributed by atoms with Crippen LogP contribution in [0, 0.1) is 11.3 Å². The monoisotopic (exact) mass is 212 g/mol. The Morgan fingerprint density at radius 1 is 1.27 bits per heavy atom. The quantitative estimate of drug-likeness (QED) is 0.747. The molecule has 0 aromatic heterocycles. The number of amides is 1. The van der Waals surface area contributed by atoms with Crippen molar-refractivity contribution in [3.8, 4) is 0 Å². The van der Waals surface area contributed by atoms with Crippen molar-refractivity contribution in [2.24, 2.45) is 17.1 Å². The molecule has 3 heteroatoms. The molecule has 0 aromatic rings. The van der Waals surface area contributed by atoms with E-state index in [0.29, 0.717) is 5.92 Å². The van der Waals surface area contributed by atoms with Crippen molar-refractivity contribution >= 4 is 5.91 Å². The number of nitrogens with two attached hydrogens (primary N) is 1. The smallest absolute Gasteiger partial charge is 0.237 e. The molecular formula is C12H24N2O. The summed E-state index contributed by atoms with van der Waals surface area (Å²) in [6.07, 6.45) is 2.44. The van der Waals surface area contributed by atoms with Crippen molar-refractivity contribution in [3.63, 3.8) is 0 Å². The molecule has 1 rings (SSSR count). The van der Waals surface area contributed by atoms with Crippen LogP contribution in [0.1, 0.15) is 47.5 Å². The molecule has 1 amide bonds. The predicted molar refractivity (Wildman–Crippen MR) is 62.4 cm³/mol. The summed E-state index contributed by atoms with van der Waals surface area (Å²) in [6.45, 7) is 10.1. The molecule has 0 heterocycles. The summed E-state index contributed by atoms with van der Waals surface area (Å²) >= 11 is 0. The highest BCUT2D eigenvalue weighted by Crippen LogP contribution is 2.39. The third-order valence-electron chi connectivity index (χ3n) is 3.26. The van der Waals surface area contributed by atoms with Crippen LogP contribution in [0.3, 0.4) is 0 Å². The van der Waals surface area contributed by atoms with Crippen LogP contribution in [0.2, 0.25) is 0 Å². The topological polar surface area (TPSA) is 55.1 Å². The lowest BCUT2D eigenvalue weighted by molar-refractivity contribution is -0.126. The van der Waals surface area contributed by atoms with Crippen molar-refractivity contribution in [1.29, 1.82) is 0 Å². The molecular weight excluding hydrogens is 188 g/mol. The Morgan fingerprint density at radius 2 is 1.73 bits per heavy atom. The summed E-state index contributed by atoms with van der Waals surface area (Å²) in [5.74, 6) is 0.605. The first-order valence-corrected chi connectivity index (χ1v) is 5.72. The highest BCUT2D eigenvalue weighted by atomic mass is 16.2. The van der Waals surface area contributed by atoms with Crippen molar-refractivity contribution in [2.45, 2.75) is 59.0 Å². The lowest BCUT2D eigenvalue weighted by atomic mass is 9.86. The van der Waals surface area contributed by atoms with Gasteiger partial charge in [-0.3, -0.25) is 4.79 Å². The number of carbonyl (C=O) groups excluding carboxylic acids is 1. The van der Waals surface area contributed by atoms with Gasteiger partial charge in [0.05, 0.1) is 6.04 Å². The first-order valence-electron chi connectivity index (χ1n) is 5.72. The molecule has 88 valence electrons. The van der Waals surface area contributed by atoms with E-state index in [0.717, 1.165) is 0 Å². The molecule has 1 saturated carbocycles.